The van der Waals surface area contributed by atoms with E-state index in [2.05, 4.69) is 11.2 Å². The number of rotatable bonds is 6. The van der Waals surface area contributed by atoms with Gasteiger partial charge >= 0.3 is 0 Å². The smallest absolute Gasteiger partial charge is 0.246 e. The molecule has 5 nitrogen and oxygen atoms in total. The Kier molecular flexibility index (Phi) is 5.57. The Hall–Kier alpha value is -2.56. The molecule has 0 unspecified atom stereocenters. The van der Waals surface area contributed by atoms with Crippen molar-refractivity contribution in [1.82, 2.24) is 14.7 Å². The highest BCUT2D eigenvalue weighted by Crippen LogP contribution is 2.16. The van der Waals surface area contributed by atoms with Crippen LogP contribution >= 0.6 is 0 Å². The Labute approximate surface area is 137 Å². The van der Waals surface area contributed by atoms with E-state index < -0.39 is 0 Å². The van der Waals surface area contributed by atoms with Crippen molar-refractivity contribution in [2.24, 2.45) is 7.05 Å². The summed E-state index contributed by atoms with van der Waals surface area (Å²) in [5.74, 6) is 0.784. The fourth-order valence-corrected chi connectivity index (χ4v) is 2.25. The highest BCUT2D eigenvalue weighted by Gasteiger charge is 2.05. The van der Waals surface area contributed by atoms with Gasteiger partial charge in [-0.15, -0.1) is 0 Å². The molecule has 5 heteroatoms. The van der Waals surface area contributed by atoms with E-state index in [9.17, 15) is 4.79 Å². The van der Waals surface area contributed by atoms with Crippen molar-refractivity contribution in [3.05, 3.63) is 53.4 Å². The number of aromatic nitrogens is 2. The van der Waals surface area contributed by atoms with E-state index in [1.54, 1.807) is 35.0 Å². The zero-order chi connectivity index (χ0) is 16.8. The van der Waals surface area contributed by atoms with E-state index in [1.807, 2.05) is 39.2 Å². The topological polar surface area (TPSA) is 47.4 Å². The van der Waals surface area contributed by atoms with Gasteiger partial charge in [-0.25, -0.2) is 0 Å². The van der Waals surface area contributed by atoms with Crippen LogP contribution in [-0.2, 0) is 11.8 Å². The van der Waals surface area contributed by atoms with E-state index in [0.717, 1.165) is 11.3 Å². The highest BCUT2D eigenvalue weighted by molar-refractivity contribution is 5.91. The molecule has 0 aliphatic rings. The van der Waals surface area contributed by atoms with Crippen molar-refractivity contribution in [2.75, 3.05) is 20.2 Å². The minimum atomic E-state index is -0.0575. The average Bonchev–Trinajstić information content (AvgIpc) is 2.89. The van der Waals surface area contributed by atoms with Crippen LogP contribution in [0.3, 0.4) is 0 Å². The largest absolute Gasteiger partial charge is 0.492 e. The third-order valence-corrected chi connectivity index (χ3v) is 3.41. The quantitative estimate of drug-likeness (QED) is 0.770. The summed E-state index contributed by atoms with van der Waals surface area (Å²) in [6, 6.07) is 6.10. The van der Waals surface area contributed by atoms with E-state index in [0.29, 0.717) is 13.2 Å². The molecule has 0 N–H and O–H groups in total. The molecule has 1 heterocycles. The minimum Gasteiger partial charge on any atom is -0.492 e. The lowest BCUT2D eigenvalue weighted by molar-refractivity contribution is -0.125. The first-order valence-corrected chi connectivity index (χ1v) is 7.57. The van der Waals surface area contributed by atoms with E-state index >= 15 is 0 Å². The third-order valence-electron chi connectivity index (χ3n) is 3.41. The molecule has 1 amide bonds. The predicted molar refractivity (Wildman–Crippen MR) is 91.3 cm³/mol. The van der Waals surface area contributed by atoms with Gasteiger partial charge in [-0.1, -0.05) is 6.07 Å². The van der Waals surface area contributed by atoms with Gasteiger partial charge in [0.1, 0.15) is 12.4 Å². The lowest BCUT2D eigenvalue weighted by Gasteiger charge is -2.16. The number of hydrogen-bond donors (Lipinski definition) is 0. The van der Waals surface area contributed by atoms with Gasteiger partial charge in [-0.05, 0) is 43.2 Å². The first-order chi connectivity index (χ1) is 10.9. The Morgan fingerprint density at radius 3 is 2.61 bits per heavy atom. The Morgan fingerprint density at radius 1 is 1.30 bits per heavy atom. The van der Waals surface area contributed by atoms with Crippen LogP contribution in [0.4, 0.5) is 0 Å². The fourth-order valence-electron chi connectivity index (χ4n) is 2.25. The lowest BCUT2D eigenvalue weighted by Crippen LogP contribution is -2.29. The third kappa shape index (κ3) is 5.29. The van der Waals surface area contributed by atoms with Gasteiger partial charge in [0.05, 0.1) is 12.7 Å². The second-order valence-electron chi connectivity index (χ2n) is 5.71. The SMILES string of the molecule is Cc1cc(C)cc(OCCN(C)C(=O)C=Cc2cnn(C)c2)c1. The molecular weight excluding hydrogens is 290 g/mol. The fraction of sp³-hybridized carbons (Fsp3) is 0.333. The summed E-state index contributed by atoms with van der Waals surface area (Å²) in [4.78, 5) is 13.7. The van der Waals surface area contributed by atoms with Crippen molar-refractivity contribution in [1.29, 1.82) is 0 Å². The van der Waals surface area contributed by atoms with Crippen molar-refractivity contribution >= 4 is 12.0 Å². The van der Waals surface area contributed by atoms with Crippen LogP contribution in [0, 0.1) is 13.8 Å². The van der Waals surface area contributed by atoms with Crippen molar-refractivity contribution in [3.8, 4) is 5.75 Å². The molecule has 2 rings (SSSR count). The van der Waals surface area contributed by atoms with Crippen LogP contribution in [0.15, 0.2) is 36.7 Å². The lowest BCUT2D eigenvalue weighted by atomic mass is 10.1. The van der Waals surface area contributed by atoms with E-state index in [4.69, 9.17) is 4.74 Å². The summed E-state index contributed by atoms with van der Waals surface area (Å²) < 4.78 is 7.42. The molecule has 0 aliphatic carbocycles. The molecule has 122 valence electrons. The number of amides is 1. The molecule has 1 aromatic carbocycles. The molecular formula is C18H23N3O2. The Balaban J connectivity index is 1.80. The summed E-state index contributed by atoms with van der Waals surface area (Å²) in [6.07, 6.45) is 6.88. The summed E-state index contributed by atoms with van der Waals surface area (Å²) >= 11 is 0. The van der Waals surface area contributed by atoms with Crippen molar-refractivity contribution in [3.63, 3.8) is 0 Å². The molecule has 0 spiro atoms. The molecule has 0 saturated heterocycles. The number of carbonyl (C=O) groups excluding carboxylic acids is 1. The number of aryl methyl sites for hydroxylation is 3. The zero-order valence-corrected chi connectivity index (χ0v) is 14.1. The Morgan fingerprint density at radius 2 is 2.00 bits per heavy atom. The van der Waals surface area contributed by atoms with Crippen molar-refractivity contribution < 1.29 is 9.53 Å². The summed E-state index contributed by atoms with van der Waals surface area (Å²) in [7, 11) is 3.61. The zero-order valence-electron chi connectivity index (χ0n) is 14.1. The van der Waals surface area contributed by atoms with Crippen LogP contribution in [-0.4, -0.2) is 40.8 Å². The molecule has 0 radical (unpaired) electrons. The van der Waals surface area contributed by atoms with Gasteiger partial charge in [-0.3, -0.25) is 9.48 Å². The van der Waals surface area contributed by atoms with Gasteiger partial charge < -0.3 is 9.64 Å². The standard InChI is InChI=1S/C18H23N3O2/c1-14-9-15(2)11-17(10-14)23-8-7-20(3)18(22)6-5-16-12-19-21(4)13-16/h5-6,9-13H,7-8H2,1-4H3. The highest BCUT2D eigenvalue weighted by atomic mass is 16.5. The maximum Gasteiger partial charge on any atom is 0.246 e. The monoisotopic (exact) mass is 313 g/mol. The van der Waals surface area contributed by atoms with Crippen LogP contribution in [0.25, 0.3) is 6.08 Å². The molecule has 0 bridgehead atoms. The number of likely N-dealkylation sites (N-methyl/N-ethyl adjacent to an activating group) is 1. The Bertz CT molecular complexity index is 684. The number of hydrogen-bond acceptors (Lipinski definition) is 3. The number of ether oxygens (including phenoxy) is 1. The van der Waals surface area contributed by atoms with E-state index in [1.165, 1.54) is 11.1 Å². The van der Waals surface area contributed by atoms with Crippen LogP contribution in [0.5, 0.6) is 5.75 Å². The summed E-state index contributed by atoms with van der Waals surface area (Å²) in [6.45, 7) is 5.08. The molecule has 0 atom stereocenters. The summed E-state index contributed by atoms with van der Waals surface area (Å²) in [5.41, 5.74) is 3.24. The maximum atomic E-state index is 12.0. The molecule has 1 aromatic heterocycles. The summed E-state index contributed by atoms with van der Waals surface area (Å²) in [5, 5.41) is 4.06. The van der Waals surface area contributed by atoms with Gasteiger partial charge in [0, 0.05) is 31.9 Å². The number of nitrogens with zero attached hydrogens (tertiary/aromatic N) is 3. The van der Waals surface area contributed by atoms with Gasteiger partial charge in [0.2, 0.25) is 5.91 Å². The molecule has 2 aromatic rings. The van der Waals surface area contributed by atoms with Crippen molar-refractivity contribution in [2.45, 2.75) is 13.8 Å². The van der Waals surface area contributed by atoms with Crippen LogP contribution < -0.4 is 4.74 Å². The maximum absolute atomic E-state index is 12.0. The first kappa shape index (κ1) is 16.8. The number of carbonyl (C=O) groups is 1. The average molecular weight is 313 g/mol. The molecule has 0 saturated carbocycles. The van der Waals surface area contributed by atoms with Gasteiger partial charge in [0.15, 0.2) is 0 Å². The second kappa shape index (κ2) is 7.63. The first-order valence-electron chi connectivity index (χ1n) is 7.57. The molecule has 0 aliphatic heterocycles. The minimum absolute atomic E-state index is 0.0575. The normalized spacial score (nSPS) is 11.0. The van der Waals surface area contributed by atoms with Gasteiger partial charge in [-0.2, -0.15) is 5.10 Å². The molecule has 0 fully saturated rings. The van der Waals surface area contributed by atoms with Crippen LogP contribution in [0.2, 0.25) is 0 Å². The van der Waals surface area contributed by atoms with Gasteiger partial charge in [0.25, 0.3) is 0 Å². The second-order valence-corrected chi connectivity index (χ2v) is 5.71. The molecule has 23 heavy (non-hydrogen) atoms. The van der Waals surface area contributed by atoms with E-state index in [-0.39, 0.29) is 5.91 Å². The number of benzene rings is 1. The van der Waals surface area contributed by atoms with Crippen LogP contribution in [0.1, 0.15) is 16.7 Å². The predicted octanol–water partition coefficient (Wildman–Crippen LogP) is 2.59.